The van der Waals surface area contributed by atoms with Gasteiger partial charge in [0.1, 0.15) is 0 Å². The van der Waals surface area contributed by atoms with Gasteiger partial charge in [-0.25, -0.2) is 0 Å². The van der Waals surface area contributed by atoms with Crippen molar-refractivity contribution in [3.05, 3.63) is 94.0 Å². The minimum absolute atomic E-state index is 0.125. The van der Waals surface area contributed by atoms with Gasteiger partial charge in [0, 0.05) is 41.3 Å². The molecule has 3 aromatic rings. The van der Waals surface area contributed by atoms with E-state index in [2.05, 4.69) is 44.3 Å². The van der Waals surface area contributed by atoms with Crippen LogP contribution in [0.3, 0.4) is 0 Å². The third-order valence-corrected chi connectivity index (χ3v) is 15.0. The van der Waals surface area contributed by atoms with Gasteiger partial charge in [-0.2, -0.15) is 0 Å². The lowest BCUT2D eigenvalue weighted by Gasteiger charge is -2.45. The molecule has 0 aromatic heterocycles. The Bertz CT molecular complexity index is 2120. The number of benzene rings is 3. The van der Waals surface area contributed by atoms with Crippen LogP contribution in [0.1, 0.15) is 126 Å². The fourth-order valence-corrected chi connectivity index (χ4v) is 11.5. The molecule has 5 aliphatic heterocycles. The van der Waals surface area contributed by atoms with Crippen molar-refractivity contribution in [1.29, 1.82) is 0 Å². The summed E-state index contributed by atoms with van der Waals surface area (Å²) in [5, 5.41) is 2.48. The number of nitrogens with zero attached hydrogens (tertiary/aromatic N) is 4. The highest BCUT2D eigenvalue weighted by atomic mass is 32.2. The first kappa shape index (κ1) is 44.2. The smallest absolute Gasteiger partial charge is 0.262 e. The Morgan fingerprint density at radius 1 is 0.742 bits per heavy atom. The Morgan fingerprint density at radius 3 is 2.03 bits per heavy atom. The van der Waals surface area contributed by atoms with E-state index in [4.69, 9.17) is 9.47 Å². The van der Waals surface area contributed by atoms with Crippen LogP contribution < -0.4 is 14.8 Å². The summed E-state index contributed by atoms with van der Waals surface area (Å²) in [5.41, 5.74) is 4.92. The largest absolute Gasteiger partial charge is 0.493 e. The highest BCUT2D eigenvalue weighted by Crippen LogP contribution is 2.38. The van der Waals surface area contributed by atoms with E-state index < -0.39 is 16.8 Å². The van der Waals surface area contributed by atoms with E-state index >= 15 is 0 Å². The van der Waals surface area contributed by atoms with E-state index in [0.717, 1.165) is 56.7 Å². The van der Waals surface area contributed by atoms with E-state index in [-0.39, 0.29) is 35.3 Å². The van der Waals surface area contributed by atoms with Crippen LogP contribution in [-0.2, 0) is 26.8 Å². The number of imide groups is 2. The molecule has 5 aliphatic rings. The monoisotopic (exact) mass is 865 g/mol. The average Bonchev–Trinajstić information content (AvgIpc) is 3.53. The number of likely N-dealkylation sites (tertiary alicyclic amines) is 3. The van der Waals surface area contributed by atoms with Gasteiger partial charge in [-0.15, -0.1) is 0 Å². The number of hydrogen-bond donors (Lipinski definition) is 1. The summed E-state index contributed by atoms with van der Waals surface area (Å²) in [4.78, 5) is 60.9. The molecule has 1 N–H and O–H groups in total. The van der Waals surface area contributed by atoms with Gasteiger partial charge >= 0.3 is 0 Å². The molecule has 4 saturated heterocycles. The molecule has 3 atom stereocenters. The number of carbonyl (C=O) groups is 4. The van der Waals surface area contributed by atoms with Gasteiger partial charge < -0.3 is 24.2 Å². The fourth-order valence-electron chi connectivity index (χ4n) is 10.7. The second kappa shape index (κ2) is 20.0. The first-order valence-electron chi connectivity index (χ1n) is 22.9. The lowest BCUT2D eigenvalue weighted by molar-refractivity contribution is -0.134. The van der Waals surface area contributed by atoms with E-state index in [9.17, 15) is 23.4 Å². The lowest BCUT2D eigenvalue weighted by Crippen LogP contribution is -2.52. The van der Waals surface area contributed by atoms with Gasteiger partial charge in [0.15, 0.2) is 11.5 Å². The molecule has 5 heterocycles. The standard InChI is InChI=1S/C49H63N5O7S/c1-4-61-45-31-37(12-15-44(45)60-2)43(32-62(3)59)54-48(57)41-13-7-33(30-42(41)49(54)58)6-5-23-51-24-19-38(20-25-51)53-28-21-39(22-29-53)52-26-17-35(18-27-52)34-8-10-36(11-9-34)40-14-16-46(55)50-47(40)56/h7-13,15,30-31,35,38-40,43H,4-6,14,16-29,32H2,1-3H3,(H,50,55,56). The quantitative estimate of drug-likeness (QED) is 0.180. The Hall–Kier alpha value is -4.43. The van der Waals surface area contributed by atoms with Crippen LogP contribution in [0.15, 0.2) is 60.7 Å². The molecule has 0 spiro atoms. The zero-order valence-corrected chi connectivity index (χ0v) is 37.5. The average molecular weight is 866 g/mol. The van der Waals surface area contributed by atoms with Crippen molar-refractivity contribution in [2.45, 2.75) is 101 Å². The normalized spacial score (nSPS) is 22.4. The number of nitrogens with one attached hydrogen (secondary N) is 1. The fraction of sp³-hybridized carbons (Fsp3) is 0.551. The first-order valence-corrected chi connectivity index (χ1v) is 24.6. The van der Waals surface area contributed by atoms with Crippen LogP contribution in [0.25, 0.3) is 0 Å². The highest BCUT2D eigenvalue weighted by Gasteiger charge is 2.41. The maximum atomic E-state index is 13.9. The summed E-state index contributed by atoms with van der Waals surface area (Å²) in [7, 11) is 0.293. The molecule has 0 aliphatic carbocycles. The molecule has 12 nitrogen and oxygen atoms in total. The van der Waals surface area contributed by atoms with E-state index in [1.54, 1.807) is 31.6 Å². The third-order valence-electron chi connectivity index (χ3n) is 14.2. The van der Waals surface area contributed by atoms with Crippen molar-refractivity contribution in [2.75, 3.05) is 71.5 Å². The Kier molecular flexibility index (Phi) is 14.2. The van der Waals surface area contributed by atoms with Crippen molar-refractivity contribution in [3.8, 4) is 11.5 Å². The van der Waals surface area contributed by atoms with Gasteiger partial charge in [0.25, 0.3) is 11.8 Å². The van der Waals surface area contributed by atoms with Crippen molar-refractivity contribution in [1.82, 2.24) is 24.9 Å². The van der Waals surface area contributed by atoms with Crippen molar-refractivity contribution >= 4 is 34.4 Å². The molecular weight excluding hydrogens is 803 g/mol. The van der Waals surface area contributed by atoms with Crippen LogP contribution in [0.4, 0.5) is 0 Å². The summed E-state index contributed by atoms with van der Waals surface area (Å²) in [5.74, 6) is 0.484. The van der Waals surface area contributed by atoms with Crippen molar-refractivity contribution in [3.63, 3.8) is 0 Å². The summed E-state index contributed by atoms with van der Waals surface area (Å²) in [6, 6.07) is 20.2. The summed E-state index contributed by atoms with van der Waals surface area (Å²) >= 11 is 0. The van der Waals surface area contributed by atoms with Gasteiger partial charge in [-0.05, 0) is 163 Å². The Labute approximate surface area is 369 Å². The number of methoxy groups -OCH3 is 1. The number of amides is 4. The molecule has 3 aromatic carbocycles. The van der Waals surface area contributed by atoms with E-state index in [1.165, 1.54) is 62.1 Å². The zero-order chi connectivity index (χ0) is 43.3. The zero-order valence-electron chi connectivity index (χ0n) is 36.7. The summed E-state index contributed by atoms with van der Waals surface area (Å²) in [6.45, 7) is 10.2. The van der Waals surface area contributed by atoms with Gasteiger partial charge in [0.05, 0.1) is 36.8 Å². The highest BCUT2D eigenvalue weighted by molar-refractivity contribution is 7.84. The maximum Gasteiger partial charge on any atom is 0.262 e. The number of carbonyl (C=O) groups excluding carboxylic acids is 4. The van der Waals surface area contributed by atoms with Crippen molar-refractivity contribution in [2.24, 2.45) is 0 Å². The first-order chi connectivity index (χ1) is 30.1. The van der Waals surface area contributed by atoms with Crippen LogP contribution in [0, 0.1) is 0 Å². The number of hydrogen-bond acceptors (Lipinski definition) is 10. The second-order valence-corrected chi connectivity index (χ2v) is 19.4. The van der Waals surface area contributed by atoms with Crippen LogP contribution >= 0.6 is 0 Å². The minimum Gasteiger partial charge on any atom is -0.493 e. The molecule has 8 rings (SSSR count). The summed E-state index contributed by atoms with van der Waals surface area (Å²) in [6.07, 6.45) is 11.6. The van der Waals surface area contributed by atoms with Crippen molar-refractivity contribution < 1.29 is 32.9 Å². The number of ether oxygens (including phenoxy) is 2. The molecule has 0 bridgehead atoms. The third kappa shape index (κ3) is 9.86. The number of fused-ring (bicyclic) bond motifs is 1. The molecule has 62 heavy (non-hydrogen) atoms. The maximum absolute atomic E-state index is 13.9. The summed E-state index contributed by atoms with van der Waals surface area (Å²) < 4.78 is 23.8. The molecule has 4 amide bonds. The predicted octanol–water partition coefficient (Wildman–Crippen LogP) is 6.07. The Morgan fingerprint density at radius 2 is 1.39 bits per heavy atom. The lowest BCUT2D eigenvalue weighted by atomic mass is 9.85. The van der Waals surface area contributed by atoms with E-state index in [0.29, 0.717) is 65.6 Å². The molecular formula is C49H63N5O7S. The topological polar surface area (TPSA) is 129 Å². The molecule has 13 heteroatoms. The van der Waals surface area contributed by atoms with Gasteiger partial charge in [-0.1, -0.05) is 36.4 Å². The predicted molar refractivity (Wildman–Crippen MR) is 240 cm³/mol. The second-order valence-electron chi connectivity index (χ2n) is 17.9. The number of piperidine rings is 4. The SMILES string of the molecule is CCOc1cc(C(CS(C)=O)N2C(=O)c3ccc(CCCN4CCC(N5CCC(N6CCC(c7ccc(C8CCC(=O)NC8=O)cc7)CC6)CC5)CC4)cc3C2=O)ccc1OC. The molecule has 0 saturated carbocycles. The minimum atomic E-state index is -1.27. The van der Waals surface area contributed by atoms with Crippen LogP contribution in [0.2, 0.25) is 0 Å². The molecule has 3 unspecified atom stereocenters. The Balaban J connectivity index is 0.760. The van der Waals surface area contributed by atoms with Crippen LogP contribution in [-0.4, -0.2) is 131 Å². The number of rotatable bonds is 15. The molecule has 332 valence electrons. The molecule has 4 fully saturated rings. The van der Waals surface area contributed by atoms with Gasteiger partial charge in [-0.3, -0.25) is 33.6 Å². The number of aryl methyl sites for hydroxylation is 1. The van der Waals surface area contributed by atoms with Gasteiger partial charge in [0.2, 0.25) is 11.8 Å². The molecule has 0 radical (unpaired) electrons. The van der Waals surface area contributed by atoms with E-state index in [1.807, 2.05) is 25.1 Å². The van der Waals surface area contributed by atoms with Crippen LogP contribution in [0.5, 0.6) is 11.5 Å².